The van der Waals surface area contributed by atoms with Crippen molar-refractivity contribution in [3.63, 3.8) is 0 Å². The van der Waals surface area contributed by atoms with E-state index in [1.807, 2.05) is 0 Å². The molecule has 0 spiro atoms. The van der Waals surface area contributed by atoms with E-state index in [2.05, 4.69) is 10.1 Å². The number of nitrogens with one attached hydrogen (secondary N) is 1. The van der Waals surface area contributed by atoms with Crippen molar-refractivity contribution in [1.29, 1.82) is 0 Å². The highest BCUT2D eigenvalue weighted by Crippen LogP contribution is 2.18. The molecule has 5 heteroatoms. The summed E-state index contributed by atoms with van der Waals surface area (Å²) in [5.74, 6) is -0.472. The van der Waals surface area contributed by atoms with Gasteiger partial charge in [0, 0.05) is 0 Å². The van der Waals surface area contributed by atoms with Gasteiger partial charge in [-0.3, -0.25) is 5.32 Å². The van der Waals surface area contributed by atoms with Gasteiger partial charge in [0.2, 0.25) is 0 Å². The molecule has 0 heterocycles. The van der Waals surface area contributed by atoms with Gasteiger partial charge in [0.25, 0.3) is 0 Å². The summed E-state index contributed by atoms with van der Waals surface area (Å²) in [5, 5.41) is 2.27. The Hall–Kier alpha value is -1.78. The SMILES string of the molecule is COC(=O)Nc1cc(F)ccc1N. The number of carbonyl (C=O) groups is 1. The molecule has 1 rings (SSSR count). The molecule has 1 aromatic rings. The Morgan fingerprint density at radius 1 is 1.62 bits per heavy atom. The average Bonchev–Trinajstić information content (AvgIpc) is 2.11. The number of carbonyl (C=O) groups excluding carboxylic acids is 1. The summed E-state index contributed by atoms with van der Waals surface area (Å²) in [4.78, 5) is 10.7. The number of rotatable bonds is 1. The van der Waals surface area contributed by atoms with Crippen molar-refractivity contribution in [1.82, 2.24) is 0 Å². The maximum absolute atomic E-state index is 12.7. The number of halogens is 1. The minimum atomic E-state index is -0.683. The van der Waals surface area contributed by atoms with Gasteiger partial charge in [-0.1, -0.05) is 0 Å². The maximum Gasteiger partial charge on any atom is 0.411 e. The van der Waals surface area contributed by atoms with Crippen molar-refractivity contribution < 1.29 is 13.9 Å². The molecule has 0 saturated carbocycles. The number of nitrogen functional groups attached to an aromatic ring is 1. The molecule has 0 fully saturated rings. The zero-order chi connectivity index (χ0) is 9.84. The zero-order valence-electron chi connectivity index (χ0n) is 7.00. The van der Waals surface area contributed by atoms with E-state index >= 15 is 0 Å². The van der Waals surface area contributed by atoms with Gasteiger partial charge in [0.1, 0.15) is 5.82 Å². The zero-order valence-corrected chi connectivity index (χ0v) is 7.00. The van der Waals surface area contributed by atoms with Gasteiger partial charge in [0.15, 0.2) is 0 Å². The summed E-state index contributed by atoms with van der Waals surface area (Å²) < 4.78 is 17.0. The van der Waals surface area contributed by atoms with E-state index in [0.29, 0.717) is 0 Å². The van der Waals surface area contributed by atoms with Crippen molar-refractivity contribution in [3.05, 3.63) is 24.0 Å². The lowest BCUT2D eigenvalue weighted by atomic mass is 10.2. The fourth-order valence-electron chi connectivity index (χ4n) is 0.798. The smallest absolute Gasteiger partial charge is 0.411 e. The molecule has 0 atom stereocenters. The van der Waals surface area contributed by atoms with Crippen LogP contribution >= 0.6 is 0 Å². The predicted molar refractivity (Wildman–Crippen MR) is 46.8 cm³/mol. The number of ether oxygens (including phenoxy) is 1. The Morgan fingerprint density at radius 2 is 2.31 bits per heavy atom. The van der Waals surface area contributed by atoms with Gasteiger partial charge in [-0.2, -0.15) is 0 Å². The van der Waals surface area contributed by atoms with E-state index in [9.17, 15) is 9.18 Å². The molecule has 0 aromatic heterocycles. The molecule has 0 unspecified atom stereocenters. The molecule has 0 saturated heterocycles. The summed E-state index contributed by atoms with van der Waals surface area (Å²) in [6, 6.07) is 3.69. The molecule has 70 valence electrons. The monoisotopic (exact) mass is 184 g/mol. The fraction of sp³-hybridized carbons (Fsp3) is 0.125. The number of hydrogen-bond acceptors (Lipinski definition) is 3. The predicted octanol–water partition coefficient (Wildman–Crippen LogP) is 1.59. The van der Waals surface area contributed by atoms with Crippen molar-refractivity contribution in [2.24, 2.45) is 0 Å². The number of methoxy groups -OCH3 is 1. The first-order valence-electron chi connectivity index (χ1n) is 3.53. The second kappa shape index (κ2) is 3.75. The number of amides is 1. The molecule has 0 radical (unpaired) electrons. The highest BCUT2D eigenvalue weighted by molar-refractivity contribution is 5.88. The molecule has 3 N–H and O–H groups in total. The van der Waals surface area contributed by atoms with Gasteiger partial charge in [-0.15, -0.1) is 0 Å². The second-order valence-electron chi connectivity index (χ2n) is 2.35. The summed E-state index contributed by atoms with van der Waals surface area (Å²) >= 11 is 0. The van der Waals surface area contributed by atoms with Crippen molar-refractivity contribution >= 4 is 17.5 Å². The van der Waals surface area contributed by atoms with Gasteiger partial charge in [-0.25, -0.2) is 9.18 Å². The third-order valence-corrected chi connectivity index (χ3v) is 1.44. The van der Waals surface area contributed by atoms with Crippen LogP contribution in [0.4, 0.5) is 20.6 Å². The number of anilines is 2. The van der Waals surface area contributed by atoms with Crippen molar-refractivity contribution in [3.8, 4) is 0 Å². The van der Waals surface area contributed by atoms with E-state index in [4.69, 9.17) is 5.73 Å². The Labute approximate surface area is 74.5 Å². The van der Waals surface area contributed by atoms with Crippen LogP contribution in [0, 0.1) is 5.82 Å². The van der Waals surface area contributed by atoms with Gasteiger partial charge in [-0.05, 0) is 18.2 Å². The maximum atomic E-state index is 12.7. The molecule has 0 aliphatic carbocycles. The van der Waals surface area contributed by atoms with Crippen molar-refractivity contribution in [2.45, 2.75) is 0 Å². The minimum Gasteiger partial charge on any atom is -0.453 e. The molecular formula is C8H9FN2O2. The van der Waals surface area contributed by atoms with Crippen LogP contribution in [0.3, 0.4) is 0 Å². The topological polar surface area (TPSA) is 64.3 Å². The lowest BCUT2D eigenvalue weighted by Gasteiger charge is -2.06. The van der Waals surface area contributed by atoms with Gasteiger partial charge >= 0.3 is 6.09 Å². The molecule has 1 aromatic carbocycles. The van der Waals surface area contributed by atoms with Gasteiger partial charge in [0.05, 0.1) is 18.5 Å². The number of nitrogens with two attached hydrogens (primary N) is 1. The molecular weight excluding hydrogens is 175 g/mol. The second-order valence-corrected chi connectivity index (χ2v) is 2.35. The summed E-state index contributed by atoms with van der Waals surface area (Å²) in [6.07, 6.45) is -0.683. The quantitative estimate of drug-likeness (QED) is 0.651. The first kappa shape index (κ1) is 9.31. The standard InChI is InChI=1S/C8H9FN2O2/c1-13-8(12)11-7-4-5(9)2-3-6(7)10/h2-4H,10H2,1H3,(H,11,12). The van der Waals surface area contributed by atoms with Gasteiger partial charge < -0.3 is 10.5 Å². The van der Waals surface area contributed by atoms with E-state index in [1.165, 1.54) is 19.2 Å². The van der Waals surface area contributed by atoms with Crippen LogP contribution in [0.2, 0.25) is 0 Å². The van der Waals surface area contributed by atoms with Crippen LogP contribution in [0.15, 0.2) is 18.2 Å². The largest absolute Gasteiger partial charge is 0.453 e. The number of benzene rings is 1. The molecule has 4 nitrogen and oxygen atoms in total. The van der Waals surface area contributed by atoms with E-state index in [1.54, 1.807) is 0 Å². The first-order valence-corrected chi connectivity index (χ1v) is 3.53. The van der Waals surface area contributed by atoms with Crippen LogP contribution < -0.4 is 11.1 Å². The average molecular weight is 184 g/mol. The molecule has 0 aliphatic rings. The highest BCUT2D eigenvalue weighted by atomic mass is 19.1. The summed E-state index contributed by atoms with van der Waals surface area (Å²) in [6.45, 7) is 0. The fourth-order valence-corrected chi connectivity index (χ4v) is 0.798. The normalized spacial score (nSPS) is 9.38. The Kier molecular flexibility index (Phi) is 2.69. The van der Waals surface area contributed by atoms with E-state index in [0.717, 1.165) is 6.07 Å². The molecule has 0 bridgehead atoms. The molecule has 0 aliphatic heterocycles. The third-order valence-electron chi connectivity index (χ3n) is 1.44. The van der Waals surface area contributed by atoms with Crippen molar-refractivity contribution in [2.75, 3.05) is 18.2 Å². The Bertz CT molecular complexity index is 328. The Balaban J connectivity index is 2.87. The van der Waals surface area contributed by atoms with Crippen LogP contribution in [-0.2, 0) is 4.74 Å². The molecule has 1 amide bonds. The summed E-state index contributed by atoms with van der Waals surface area (Å²) in [7, 11) is 1.21. The van der Waals surface area contributed by atoms with E-state index < -0.39 is 11.9 Å². The highest BCUT2D eigenvalue weighted by Gasteiger charge is 2.04. The number of hydrogen-bond donors (Lipinski definition) is 2. The van der Waals surface area contributed by atoms with Crippen LogP contribution in [0.1, 0.15) is 0 Å². The lowest BCUT2D eigenvalue weighted by molar-refractivity contribution is 0.187. The third kappa shape index (κ3) is 2.33. The Morgan fingerprint density at radius 3 is 2.92 bits per heavy atom. The lowest BCUT2D eigenvalue weighted by Crippen LogP contribution is -2.12. The molecule has 13 heavy (non-hydrogen) atoms. The van der Waals surface area contributed by atoms with Crippen LogP contribution in [0.5, 0.6) is 0 Å². The first-order chi connectivity index (χ1) is 6.13. The van der Waals surface area contributed by atoms with Crippen LogP contribution in [0.25, 0.3) is 0 Å². The summed E-state index contributed by atoms with van der Waals surface area (Å²) in [5.41, 5.74) is 5.94. The minimum absolute atomic E-state index is 0.201. The van der Waals surface area contributed by atoms with E-state index in [-0.39, 0.29) is 11.4 Å². The van der Waals surface area contributed by atoms with Crippen LogP contribution in [-0.4, -0.2) is 13.2 Å².